The smallest absolute Gasteiger partial charge is 0.225 e. The summed E-state index contributed by atoms with van der Waals surface area (Å²) in [4.78, 5) is 19.3. The van der Waals surface area contributed by atoms with Gasteiger partial charge >= 0.3 is 0 Å². The first kappa shape index (κ1) is 25.7. The number of halogens is 1. The molecule has 1 fully saturated rings. The second kappa shape index (κ2) is 13.1. The van der Waals surface area contributed by atoms with Gasteiger partial charge in [-0.15, -0.1) is 24.0 Å². The average Bonchev–Trinajstić information content (AvgIpc) is 3.01. The van der Waals surface area contributed by atoms with Gasteiger partial charge in [-0.25, -0.2) is 0 Å². The van der Waals surface area contributed by atoms with Crippen LogP contribution in [0.5, 0.6) is 0 Å². The Morgan fingerprint density at radius 1 is 1.24 bits per heavy atom. The van der Waals surface area contributed by atoms with E-state index in [0.29, 0.717) is 18.5 Å². The highest BCUT2D eigenvalue weighted by molar-refractivity contribution is 14.0. The molecule has 0 aromatic carbocycles. The number of amides is 1. The molecule has 1 aliphatic rings. The van der Waals surface area contributed by atoms with Crippen molar-refractivity contribution in [3.8, 4) is 0 Å². The molecule has 1 amide bonds. The van der Waals surface area contributed by atoms with Crippen LogP contribution in [-0.4, -0.2) is 54.1 Å². The monoisotopic (exact) mass is 519 g/mol. The van der Waals surface area contributed by atoms with E-state index in [1.165, 1.54) is 0 Å². The maximum absolute atomic E-state index is 12.6. The molecule has 1 saturated heterocycles. The molecule has 0 aliphatic carbocycles. The van der Waals surface area contributed by atoms with Gasteiger partial charge in [-0.1, -0.05) is 19.0 Å². The van der Waals surface area contributed by atoms with Crippen LogP contribution in [0.25, 0.3) is 0 Å². The lowest BCUT2D eigenvalue weighted by molar-refractivity contribution is -0.136. The number of hydrogen-bond acceptors (Lipinski definition) is 4. The molecule has 0 bridgehead atoms. The van der Waals surface area contributed by atoms with E-state index in [1.54, 1.807) is 0 Å². The zero-order valence-corrected chi connectivity index (χ0v) is 20.9. The Morgan fingerprint density at radius 3 is 2.41 bits per heavy atom. The third-order valence-corrected chi connectivity index (χ3v) is 5.64. The van der Waals surface area contributed by atoms with Crippen molar-refractivity contribution in [3.05, 3.63) is 17.0 Å². The molecule has 0 unspecified atom stereocenters. The van der Waals surface area contributed by atoms with Gasteiger partial charge in [-0.05, 0) is 52.9 Å². The molecule has 1 aliphatic heterocycles. The Balaban J connectivity index is 0.00000420. The number of rotatable bonds is 8. The normalized spacial score (nSPS) is 15.4. The summed E-state index contributed by atoms with van der Waals surface area (Å²) in [5.74, 6) is 2.22. The summed E-state index contributed by atoms with van der Waals surface area (Å²) in [5.41, 5.74) is 2.09. The van der Waals surface area contributed by atoms with Gasteiger partial charge in [0.05, 0.1) is 5.69 Å². The molecule has 7 nitrogen and oxygen atoms in total. The molecule has 2 N–H and O–H groups in total. The lowest BCUT2D eigenvalue weighted by Gasteiger charge is -2.34. The van der Waals surface area contributed by atoms with Crippen LogP contribution in [0.1, 0.15) is 63.5 Å². The number of hydrogen-bond donors (Lipinski definition) is 2. The minimum atomic E-state index is 0. The fourth-order valence-corrected chi connectivity index (χ4v) is 3.79. The largest absolute Gasteiger partial charge is 0.361 e. The van der Waals surface area contributed by atoms with E-state index in [0.717, 1.165) is 74.7 Å². The van der Waals surface area contributed by atoms with Gasteiger partial charge in [0.25, 0.3) is 0 Å². The number of aryl methyl sites for hydroxylation is 2. The van der Waals surface area contributed by atoms with E-state index in [-0.39, 0.29) is 29.9 Å². The van der Waals surface area contributed by atoms with Crippen molar-refractivity contribution in [1.82, 2.24) is 20.7 Å². The number of carbonyl (C=O) groups excluding carboxylic acids is 1. The van der Waals surface area contributed by atoms with Crippen molar-refractivity contribution in [2.24, 2.45) is 10.9 Å². The van der Waals surface area contributed by atoms with Crippen LogP contribution < -0.4 is 10.6 Å². The van der Waals surface area contributed by atoms with Gasteiger partial charge in [0, 0.05) is 43.7 Å². The Hall–Kier alpha value is -1.32. The second-order valence-electron chi connectivity index (χ2n) is 7.57. The minimum Gasteiger partial charge on any atom is -0.361 e. The number of piperidine rings is 1. The summed E-state index contributed by atoms with van der Waals surface area (Å²) in [6.07, 6.45) is 4.59. The molecule has 0 radical (unpaired) electrons. The van der Waals surface area contributed by atoms with Crippen LogP contribution in [0.3, 0.4) is 0 Å². The molecule has 1 aromatic rings. The van der Waals surface area contributed by atoms with Crippen LogP contribution in [0.2, 0.25) is 0 Å². The van der Waals surface area contributed by atoms with Crippen LogP contribution >= 0.6 is 24.0 Å². The highest BCUT2D eigenvalue weighted by Gasteiger charge is 2.26. The van der Waals surface area contributed by atoms with E-state index in [9.17, 15) is 4.79 Å². The third kappa shape index (κ3) is 7.46. The van der Waals surface area contributed by atoms with Gasteiger partial charge in [0.2, 0.25) is 5.91 Å². The molecule has 2 heterocycles. The number of carbonyl (C=O) groups is 1. The number of likely N-dealkylation sites (tertiary alicyclic amines) is 1. The minimum absolute atomic E-state index is 0. The molecule has 8 heteroatoms. The molecule has 0 atom stereocenters. The summed E-state index contributed by atoms with van der Waals surface area (Å²) < 4.78 is 5.22. The first-order valence-electron chi connectivity index (χ1n) is 10.7. The van der Waals surface area contributed by atoms with Gasteiger partial charge in [0.1, 0.15) is 5.76 Å². The Labute approximate surface area is 192 Å². The van der Waals surface area contributed by atoms with Crippen LogP contribution in [-0.2, 0) is 11.2 Å². The third-order valence-electron chi connectivity index (χ3n) is 5.64. The standard InChI is InChI=1S/C21H37N5O2.HI/c1-6-17(7-2)20(27)26-13-10-18(11-14-26)24-21(22-8-3)23-12-9-19-15(4)25-28-16(19)5;/h17-18H,6-14H2,1-5H3,(H2,22,23,24);1H. The molecule has 29 heavy (non-hydrogen) atoms. The average molecular weight is 519 g/mol. The SMILES string of the molecule is CCNC(=NCCc1c(C)noc1C)NC1CCN(C(=O)C(CC)CC)CC1.I. The first-order valence-corrected chi connectivity index (χ1v) is 10.7. The van der Waals surface area contributed by atoms with Gasteiger partial charge in [-0.2, -0.15) is 0 Å². The number of guanidine groups is 1. The van der Waals surface area contributed by atoms with Gasteiger partial charge in [0.15, 0.2) is 5.96 Å². The first-order chi connectivity index (χ1) is 13.5. The van der Waals surface area contributed by atoms with Crippen molar-refractivity contribution in [1.29, 1.82) is 0 Å². The molecular formula is C21H38IN5O2. The summed E-state index contributed by atoms with van der Waals surface area (Å²) in [6, 6.07) is 0.350. The zero-order valence-electron chi connectivity index (χ0n) is 18.6. The molecule has 166 valence electrons. The maximum Gasteiger partial charge on any atom is 0.225 e. The predicted octanol–water partition coefficient (Wildman–Crippen LogP) is 3.43. The van der Waals surface area contributed by atoms with E-state index in [1.807, 2.05) is 18.7 Å². The van der Waals surface area contributed by atoms with E-state index in [4.69, 9.17) is 9.52 Å². The lowest BCUT2D eigenvalue weighted by atomic mass is 9.98. The zero-order chi connectivity index (χ0) is 20.5. The highest BCUT2D eigenvalue weighted by atomic mass is 127. The number of aliphatic imine (C=N–C) groups is 1. The Bertz CT molecular complexity index is 630. The fraction of sp³-hybridized carbons (Fsp3) is 0.762. The van der Waals surface area contributed by atoms with Crippen LogP contribution in [0.4, 0.5) is 0 Å². The van der Waals surface area contributed by atoms with Crippen molar-refractivity contribution in [3.63, 3.8) is 0 Å². The summed E-state index contributed by atoms with van der Waals surface area (Å²) in [7, 11) is 0. The second-order valence-corrected chi connectivity index (χ2v) is 7.57. The van der Waals surface area contributed by atoms with Crippen molar-refractivity contribution < 1.29 is 9.32 Å². The molecular weight excluding hydrogens is 481 g/mol. The van der Waals surface area contributed by atoms with E-state index >= 15 is 0 Å². The van der Waals surface area contributed by atoms with Crippen molar-refractivity contribution in [2.45, 2.75) is 72.8 Å². The summed E-state index contributed by atoms with van der Waals surface area (Å²) >= 11 is 0. The van der Waals surface area contributed by atoms with E-state index in [2.05, 4.69) is 36.6 Å². The summed E-state index contributed by atoms with van der Waals surface area (Å²) in [6.45, 7) is 13.3. The quantitative estimate of drug-likeness (QED) is 0.313. The molecule has 2 rings (SSSR count). The van der Waals surface area contributed by atoms with Crippen molar-refractivity contribution in [2.75, 3.05) is 26.2 Å². The summed E-state index contributed by atoms with van der Waals surface area (Å²) in [5, 5.41) is 10.9. The number of aromatic nitrogens is 1. The van der Waals surface area contributed by atoms with Crippen molar-refractivity contribution >= 4 is 35.8 Å². The van der Waals surface area contributed by atoms with Gasteiger partial charge < -0.3 is 20.1 Å². The van der Waals surface area contributed by atoms with E-state index < -0.39 is 0 Å². The molecule has 0 spiro atoms. The number of nitrogens with zero attached hydrogens (tertiary/aromatic N) is 3. The van der Waals surface area contributed by atoms with Crippen LogP contribution in [0, 0.1) is 19.8 Å². The Morgan fingerprint density at radius 2 is 1.90 bits per heavy atom. The molecule has 0 saturated carbocycles. The maximum atomic E-state index is 12.6. The Kier molecular flexibility index (Phi) is 11.6. The molecule has 1 aromatic heterocycles. The van der Waals surface area contributed by atoms with Crippen LogP contribution in [0.15, 0.2) is 9.52 Å². The fourth-order valence-electron chi connectivity index (χ4n) is 3.79. The highest BCUT2D eigenvalue weighted by Crippen LogP contribution is 2.17. The predicted molar refractivity (Wildman–Crippen MR) is 128 cm³/mol. The number of nitrogens with one attached hydrogen (secondary N) is 2. The lowest BCUT2D eigenvalue weighted by Crippen LogP contribution is -2.50. The topological polar surface area (TPSA) is 82.8 Å². The van der Waals surface area contributed by atoms with Gasteiger partial charge in [-0.3, -0.25) is 9.79 Å².